The quantitative estimate of drug-likeness (QED) is 0.777. The molecule has 0 aromatic heterocycles. The molecule has 1 N–H and O–H groups in total. The molecule has 0 aliphatic rings. The van der Waals surface area contributed by atoms with Crippen LogP contribution in [0.2, 0.25) is 5.02 Å². The first-order valence-electron chi connectivity index (χ1n) is 5.71. The van der Waals surface area contributed by atoms with Gasteiger partial charge in [0.15, 0.2) is 0 Å². The summed E-state index contributed by atoms with van der Waals surface area (Å²) in [6.07, 6.45) is -4.36. The highest BCUT2D eigenvalue weighted by Crippen LogP contribution is 2.29. The lowest BCUT2D eigenvalue weighted by molar-refractivity contribution is -0.137. The molecule has 0 heterocycles. The molecule has 20 heavy (non-hydrogen) atoms. The molecule has 0 aliphatic heterocycles. The Balaban J connectivity index is 2.06. The summed E-state index contributed by atoms with van der Waals surface area (Å²) >= 11 is 5.75. The number of anilines is 1. The van der Waals surface area contributed by atoms with Crippen molar-refractivity contribution in [3.05, 3.63) is 64.4 Å². The van der Waals surface area contributed by atoms with Crippen molar-refractivity contribution in [3.63, 3.8) is 0 Å². The van der Waals surface area contributed by atoms with Crippen molar-refractivity contribution in [1.29, 1.82) is 0 Å². The fourth-order valence-corrected chi connectivity index (χ4v) is 1.85. The predicted molar refractivity (Wildman–Crippen MR) is 70.2 cm³/mol. The summed E-state index contributed by atoms with van der Waals surface area (Å²) in [7, 11) is 0. The topological polar surface area (TPSA) is 12.0 Å². The third-order valence-electron chi connectivity index (χ3n) is 2.70. The second kappa shape index (κ2) is 5.71. The molecule has 0 aliphatic carbocycles. The summed E-state index contributed by atoms with van der Waals surface area (Å²) in [5, 5.41) is 3.24. The zero-order valence-corrected chi connectivity index (χ0v) is 10.9. The van der Waals surface area contributed by atoms with Gasteiger partial charge in [-0.3, -0.25) is 0 Å². The van der Waals surface area contributed by atoms with Crippen LogP contribution >= 0.6 is 11.6 Å². The molecule has 0 radical (unpaired) electrons. The SMILES string of the molecule is Fc1ccc(Cl)cc1CNc1ccc(C(F)(F)F)cc1. The Labute approximate surface area is 118 Å². The van der Waals surface area contributed by atoms with E-state index in [2.05, 4.69) is 5.32 Å². The van der Waals surface area contributed by atoms with Crippen molar-refractivity contribution in [2.24, 2.45) is 0 Å². The normalized spacial score (nSPS) is 11.4. The lowest BCUT2D eigenvalue weighted by atomic mass is 10.2. The predicted octanol–water partition coefficient (Wildman–Crippen LogP) is 5.11. The fourth-order valence-electron chi connectivity index (χ4n) is 1.65. The van der Waals surface area contributed by atoms with Crippen molar-refractivity contribution in [2.75, 3.05) is 5.32 Å². The molecular weight excluding hydrogens is 294 g/mol. The number of hydrogen-bond donors (Lipinski definition) is 1. The van der Waals surface area contributed by atoms with Crippen LogP contribution in [0, 0.1) is 5.82 Å². The third kappa shape index (κ3) is 3.63. The zero-order chi connectivity index (χ0) is 14.8. The first-order valence-corrected chi connectivity index (χ1v) is 6.09. The Hall–Kier alpha value is -1.75. The molecule has 0 unspecified atom stereocenters. The van der Waals surface area contributed by atoms with Crippen LogP contribution in [-0.2, 0) is 12.7 Å². The third-order valence-corrected chi connectivity index (χ3v) is 2.94. The average molecular weight is 304 g/mol. The minimum absolute atomic E-state index is 0.137. The Morgan fingerprint density at radius 2 is 1.65 bits per heavy atom. The molecule has 1 nitrogen and oxygen atoms in total. The summed E-state index contributed by atoms with van der Waals surface area (Å²) in [5.41, 5.74) is 0.0896. The number of hydrogen-bond acceptors (Lipinski definition) is 1. The maximum Gasteiger partial charge on any atom is 0.416 e. The van der Waals surface area contributed by atoms with E-state index in [-0.39, 0.29) is 6.54 Å². The minimum Gasteiger partial charge on any atom is -0.381 e. The van der Waals surface area contributed by atoms with Crippen molar-refractivity contribution < 1.29 is 17.6 Å². The number of benzene rings is 2. The molecule has 0 fully saturated rings. The van der Waals surface area contributed by atoms with Crippen LogP contribution in [0.4, 0.5) is 23.2 Å². The first-order chi connectivity index (χ1) is 9.36. The molecule has 6 heteroatoms. The van der Waals surface area contributed by atoms with E-state index in [0.717, 1.165) is 12.1 Å². The number of rotatable bonds is 3. The second-order valence-electron chi connectivity index (χ2n) is 4.16. The van der Waals surface area contributed by atoms with Crippen LogP contribution in [0.5, 0.6) is 0 Å². The van der Waals surface area contributed by atoms with Crippen LogP contribution < -0.4 is 5.32 Å². The van der Waals surface area contributed by atoms with Gasteiger partial charge >= 0.3 is 6.18 Å². The summed E-state index contributed by atoms with van der Waals surface area (Å²) in [6, 6.07) is 8.67. The maximum atomic E-state index is 13.4. The van der Waals surface area contributed by atoms with Gasteiger partial charge in [0, 0.05) is 22.8 Å². The molecular formula is C14H10ClF4N. The summed E-state index contributed by atoms with van der Waals surface area (Å²) < 4.78 is 50.6. The standard InChI is InChI=1S/C14H10ClF4N/c15-11-3-6-13(16)9(7-11)8-20-12-4-1-10(2-5-12)14(17,18)19/h1-7,20H,8H2. The molecule has 0 atom stereocenters. The zero-order valence-electron chi connectivity index (χ0n) is 10.1. The van der Waals surface area contributed by atoms with Crippen molar-refractivity contribution >= 4 is 17.3 Å². The fraction of sp³-hybridized carbons (Fsp3) is 0.143. The van der Waals surface area contributed by atoms with E-state index in [1.807, 2.05) is 0 Å². The average Bonchev–Trinajstić information content (AvgIpc) is 2.39. The van der Waals surface area contributed by atoms with Gasteiger partial charge in [-0.25, -0.2) is 4.39 Å². The highest BCUT2D eigenvalue weighted by atomic mass is 35.5. The van der Waals surface area contributed by atoms with E-state index in [1.54, 1.807) is 0 Å². The molecule has 0 bridgehead atoms. The van der Waals surface area contributed by atoms with Gasteiger partial charge in [-0.15, -0.1) is 0 Å². The van der Waals surface area contributed by atoms with Crippen LogP contribution in [-0.4, -0.2) is 0 Å². The van der Waals surface area contributed by atoms with Crippen molar-refractivity contribution in [2.45, 2.75) is 12.7 Å². The van der Waals surface area contributed by atoms with Crippen LogP contribution in [0.25, 0.3) is 0 Å². The Kier molecular flexibility index (Phi) is 4.18. The lowest BCUT2D eigenvalue weighted by Gasteiger charge is -2.10. The van der Waals surface area contributed by atoms with E-state index in [1.165, 1.54) is 30.3 Å². The van der Waals surface area contributed by atoms with Gasteiger partial charge in [0.25, 0.3) is 0 Å². The highest BCUT2D eigenvalue weighted by Gasteiger charge is 2.29. The van der Waals surface area contributed by atoms with Crippen LogP contribution in [0.3, 0.4) is 0 Å². The van der Waals surface area contributed by atoms with Gasteiger partial charge in [-0.1, -0.05) is 11.6 Å². The minimum atomic E-state index is -4.36. The van der Waals surface area contributed by atoms with E-state index < -0.39 is 17.6 Å². The molecule has 0 saturated heterocycles. The molecule has 0 spiro atoms. The summed E-state index contributed by atoms with van der Waals surface area (Å²) in [6.45, 7) is 0.137. The van der Waals surface area contributed by atoms with E-state index in [9.17, 15) is 17.6 Å². The van der Waals surface area contributed by atoms with Gasteiger partial charge in [0.2, 0.25) is 0 Å². The lowest BCUT2D eigenvalue weighted by Crippen LogP contribution is -2.05. The summed E-state index contributed by atoms with van der Waals surface area (Å²) in [5.74, 6) is -0.422. The van der Waals surface area contributed by atoms with E-state index in [4.69, 9.17) is 11.6 Å². The molecule has 2 rings (SSSR count). The highest BCUT2D eigenvalue weighted by molar-refractivity contribution is 6.30. The number of alkyl halides is 3. The first kappa shape index (κ1) is 14.7. The van der Waals surface area contributed by atoms with Crippen LogP contribution in [0.1, 0.15) is 11.1 Å². The molecule has 2 aromatic rings. The van der Waals surface area contributed by atoms with Gasteiger partial charge < -0.3 is 5.32 Å². The Bertz CT molecular complexity index is 593. The number of nitrogens with one attached hydrogen (secondary N) is 1. The van der Waals surface area contributed by atoms with Crippen molar-refractivity contribution in [3.8, 4) is 0 Å². The van der Waals surface area contributed by atoms with Gasteiger partial charge in [0.05, 0.1) is 5.56 Å². The van der Waals surface area contributed by atoms with Gasteiger partial charge in [0.1, 0.15) is 5.82 Å². The molecule has 0 amide bonds. The molecule has 0 saturated carbocycles. The van der Waals surface area contributed by atoms with E-state index in [0.29, 0.717) is 16.3 Å². The maximum absolute atomic E-state index is 13.4. The largest absolute Gasteiger partial charge is 0.416 e. The molecule has 2 aromatic carbocycles. The monoisotopic (exact) mass is 303 g/mol. The number of halogens is 5. The Morgan fingerprint density at radius 1 is 1.00 bits per heavy atom. The van der Waals surface area contributed by atoms with Crippen LogP contribution in [0.15, 0.2) is 42.5 Å². The smallest absolute Gasteiger partial charge is 0.381 e. The molecule has 106 valence electrons. The Morgan fingerprint density at radius 3 is 2.25 bits per heavy atom. The van der Waals surface area contributed by atoms with Gasteiger partial charge in [-0.2, -0.15) is 13.2 Å². The van der Waals surface area contributed by atoms with Gasteiger partial charge in [-0.05, 0) is 42.5 Å². The second-order valence-corrected chi connectivity index (χ2v) is 4.60. The summed E-state index contributed by atoms with van der Waals surface area (Å²) in [4.78, 5) is 0. The van der Waals surface area contributed by atoms with E-state index >= 15 is 0 Å². The van der Waals surface area contributed by atoms with Crippen molar-refractivity contribution in [1.82, 2.24) is 0 Å².